The van der Waals surface area contributed by atoms with E-state index in [-0.39, 0.29) is 6.61 Å². The molecule has 1 N–H and O–H groups in total. The van der Waals surface area contributed by atoms with Gasteiger partial charge in [-0.3, -0.25) is 4.90 Å². The minimum absolute atomic E-state index is 0.128. The molecule has 0 aliphatic carbocycles. The molecule has 3 heteroatoms. The molecule has 3 nitrogen and oxygen atoms in total. The zero-order chi connectivity index (χ0) is 13.8. The SMILES string of the molecule is CCC(C)N1CCN(c2ccc(CO)cc2C)CC1. The summed E-state index contributed by atoms with van der Waals surface area (Å²) in [5, 5.41) is 9.17. The average molecular weight is 262 g/mol. The van der Waals surface area contributed by atoms with Gasteiger partial charge in [-0.05, 0) is 37.5 Å². The number of anilines is 1. The second-order valence-electron chi connectivity index (χ2n) is 5.56. The van der Waals surface area contributed by atoms with Crippen molar-refractivity contribution in [2.24, 2.45) is 0 Å². The Morgan fingerprint density at radius 1 is 1.21 bits per heavy atom. The summed E-state index contributed by atoms with van der Waals surface area (Å²) < 4.78 is 0. The van der Waals surface area contributed by atoms with Crippen molar-refractivity contribution in [1.82, 2.24) is 4.90 Å². The quantitative estimate of drug-likeness (QED) is 0.902. The summed E-state index contributed by atoms with van der Waals surface area (Å²) in [4.78, 5) is 5.04. The molecule has 106 valence electrons. The summed E-state index contributed by atoms with van der Waals surface area (Å²) >= 11 is 0. The van der Waals surface area contributed by atoms with Crippen LogP contribution in [0, 0.1) is 6.92 Å². The molecule has 1 heterocycles. The van der Waals surface area contributed by atoms with Gasteiger partial charge in [-0.15, -0.1) is 0 Å². The number of aliphatic hydroxyl groups is 1. The van der Waals surface area contributed by atoms with Gasteiger partial charge in [-0.2, -0.15) is 0 Å². The maximum atomic E-state index is 9.17. The van der Waals surface area contributed by atoms with Crippen molar-refractivity contribution in [1.29, 1.82) is 0 Å². The normalized spacial score (nSPS) is 18.6. The molecule has 1 atom stereocenters. The predicted octanol–water partition coefficient (Wildman–Crippen LogP) is 2.41. The van der Waals surface area contributed by atoms with Gasteiger partial charge in [-0.1, -0.05) is 19.1 Å². The van der Waals surface area contributed by atoms with Gasteiger partial charge in [0.2, 0.25) is 0 Å². The van der Waals surface area contributed by atoms with E-state index >= 15 is 0 Å². The molecular formula is C16H26N2O. The highest BCUT2D eigenvalue weighted by Crippen LogP contribution is 2.23. The summed E-state index contributed by atoms with van der Waals surface area (Å²) in [6.07, 6.45) is 1.23. The Hall–Kier alpha value is -1.06. The molecule has 2 rings (SSSR count). The minimum Gasteiger partial charge on any atom is -0.392 e. The van der Waals surface area contributed by atoms with E-state index in [0.717, 1.165) is 31.7 Å². The smallest absolute Gasteiger partial charge is 0.0681 e. The highest BCUT2D eigenvalue weighted by molar-refractivity contribution is 5.54. The van der Waals surface area contributed by atoms with E-state index < -0.39 is 0 Å². The van der Waals surface area contributed by atoms with Gasteiger partial charge < -0.3 is 10.0 Å². The molecule has 0 bridgehead atoms. The van der Waals surface area contributed by atoms with Crippen LogP contribution in [-0.4, -0.2) is 42.2 Å². The lowest BCUT2D eigenvalue weighted by molar-refractivity contribution is 0.193. The van der Waals surface area contributed by atoms with E-state index in [2.05, 4.69) is 42.7 Å². The van der Waals surface area contributed by atoms with Crippen molar-refractivity contribution >= 4 is 5.69 Å². The fourth-order valence-electron chi connectivity index (χ4n) is 2.83. The van der Waals surface area contributed by atoms with Crippen LogP contribution < -0.4 is 4.90 Å². The van der Waals surface area contributed by atoms with Crippen LogP contribution in [-0.2, 0) is 6.61 Å². The third kappa shape index (κ3) is 3.28. The molecule has 1 aromatic rings. The largest absolute Gasteiger partial charge is 0.392 e. The van der Waals surface area contributed by atoms with Gasteiger partial charge in [0, 0.05) is 37.9 Å². The summed E-state index contributed by atoms with van der Waals surface area (Å²) in [7, 11) is 0. The molecule has 0 spiro atoms. The van der Waals surface area contributed by atoms with Crippen LogP contribution in [0.2, 0.25) is 0 Å². The zero-order valence-corrected chi connectivity index (χ0v) is 12.4. The van der Waals surface area contributed by atoms with Gasteiger partial charge in [0.15, 0.2) is 0 Å². The summed E-state index contributed by atoms with van der Waals surface area (Å²) in [6.45, 7) is 11.3. The van der Waals surface area contributed by atoms with Crippen LogP contribution in [0.5, 0.6) is 0 Å². The highest BCUT2D eigenvalue weighted by Gasteiger charge is 2.21. The lowest BCUT2D eigenvalue weighted by Crippen LogP contribution is -2.49. The summed E-state index contributed by atoms with van der Waals surface area (Å²) in [5.41, 5.74) is 3.59. The maximum Gasteiger partial charge on any atom is 0.0681 e. The van der Waals surface area contributed by atoms with Gasteiger partial charge >= 0.3 is 0 Å². The second-order valence-corrected chi connectivity index (χ2v) is 5.56. The maximum absolute atomic E-state index is 9.17. The zero-order valence-electron chi connectivity index (χ0n) is 12.4. The van der Waals surface area contributed by atoms with Crippen LogP contribution in [0.4, 0.5) is 5.69 Å². The first-order valence-electron chi connectivity index (χ1n) is 7.35. The molecular weight excluding hydrogens is 236 g/mol. The number of hydrogen-bond acceptors (Lipinski definition) is 3. The molecule has 0 saturated carbocycles. The number of benzene rings is 1. The first-order chi connectivity index (χ1) is 9.15. The summed E-state index contributed by atoms with van der Waals surface area (Å²) in [5.74, 6) is 0. The predicted molar refractivity (Wildman–Crippen MR) is 80.6 cm³/mol. The van der Waals surface area contributed by atoms with E-state index in [1.807, 2.05) is 6.07 Å². The number of aliphatic hydroxyl groups excluding tert-OH is 1. The minimum atomic E-state index is 0.128. The monoisotopic (exact) mass is 262 g/mol. The Labute approximate surface area is 116 Å². The molecule has 0 aromatic heterocycles. The Morgan fingerprint density at radius 2 is 1.89 bits per heavy atom. The molecule has 1 aliphatic heterocycles. The van der Waals surface area contributed by atoms with Crippen LogP contribution in [0.1, 0.15) is 31.4 Å². The Kier molecular flexibility index (Phi) is 4.83. The van der Waals surface area contributed by atoms with Crippen molar-refractivity contribution in [3.05, 3.63) is 29.3 Å². The first kappa shape index (κ1) is 14.4. The van der Waals surface area contributed by atoms with Gasteiger partial charge in [0.05, 0.1) is 6.61 Å². The van der Waals surface area contributed by atoms with Gasteiger partial charge in [0.1, 0.15) is 0 Å². The third-order valence-electron chi connectivity index (χ3n) is 4.31. The van der Waals surface area contributed by atoms with E-state index in [1.165, 1.54) is 17.7 Å². The van der Waals surface area contributed by atoms with Crippen molar-refractivity contribution in [3.8, 4) is 0 Å². The van der Waals surface area contributed by atoms with Crippen LogP contribution >= 0.6 is 0 Å². The summed E-state index contributed by atoms with van der Waals surface area (Å²) in [6, 6.07) is 6.97. The third-order valence-corrected chi connectivity index (χ3v) is 4.31. The van der Waals surface area contributed by atoms with Crippen LogP contribution in [0.3, 0.4) is 0 Å². The van der Waals surface area contributed by atoms with Crippen molar-refractivity contribution in [2.75, 3.05) is 31.1 Å². The molecule has 1 fully saturated rings. The molecule has 1 saturated heterocycles. The van der Waals surface area contributed by atoms with Crippen molar-refractivity contribution in [3.63, 3.8) is 0 Å². The van der Waals surface area contributed by atoms with Crippen LogP contribution in [0.25, 0.3) is 0 Å². The fourth-order valence-corrected chi connectivity index (χ4v) is 2.83. The average Bonchev–Trinajstić information content (AvgIpc) is 2.46. The number of nitrogens with zero attached hydrogens (tertiary/aromatic N) is 2. The topological polar surface area (TPSA) is 26.7 Å². The molecule has 1 unspecified atom stereocenters. The Balaban J connectivity index is 2.01. The lowest BCUT2D eigenvalue weighted by atomic mass is 10.1. The second kappa shape index (κ2) is 6.40. The number of hydrogen-bond donors (Lipinski definition) is 1. The molecule has 0 amide bonds. The number of aryl methyl sites for hydroxylation is 1. The molecule has 0 radical (unpaired) electrons. The highest BCUT2D eigenvalue weighted by atomic mass is 16.3. The molecule has 1 aliphatic rings. The standard InChI is InChI=1S/C16H26N2O/c1-4-14(3)17-7-9-18(10-8-17)16-6-5-15(12-19)11-13(16)2/h5-6,11,14,19H,4,7-10,12H2,1-3H3. The van der Waals surface area contributed by atoms with E-state index in [0.29, 0.717) is 6.04 Å². The van der Waals surface area contributed by atoms with Crippen molar-refractivity contribution < 1.29 is 5.11 Å². The first-order valence-corrected chi connectivity index (χ1v) is 7.35. The molecule has 19 heavy (non-hydrogen) atoms. The van der Waals surface area contributed by atoms with Crippen molar-refractivity contribution in [2.45, 2.75) is 39.8 Å². The number of rotatable bonds is 4. The molecule has 1 aromatic carbocycles. The van der Waals surface area contributed by atoms with E-state index in [9.17, 15) is 0 Å². The Morgan fingerprint density at radius 3 is 2.42 bits per heavy atom. The lowest BCUT2D eigenvalue weighted by Gasteiger charge is -2.39. The van der Waals surface area contributed by atoms with E-state index in [4.69, 9.17) is 5.11 Å². The Bertz CT molecular complexity index is 411. The number of piperazine rings is 1. The fraction of sp³-hybridized carbons (Fsp3) is 0.625. The van der Waals surface area contributed by atoms with Crippen LogP contribution in [0.15, 0.2) is 18.2 Å². The van der Waals surface area contributed by atoms with Gasteiger partial charge in [0.25, 0.3) is 0 Å². The van der Waals surface area contributed by atoms with Gasteiger partial charge in [-0.25, -0.2) is 0 Å². The van der Waals surface area contributed by atoms with E-state index in [1.54, 1.807) is 0 Å².